The first kappa shape index (κ1) is 11.1. The molecule has 1 aromatic rings. The summed E-state index contributed by atoms with van der Waals surface area (Å²) in [5, 5.41) is 3.56. The molecule has 0 saturated carbocycles. The predicted molar refractivity (Wildman–Crippen MR) is 56.8 cm³/mol. The Morgan fingerprint density at radius 1 is 1.33 bits per heavy atom. The number of hydrogen-bond donors (Lipinski definition) is 2. The van der Waals surface area contributed by atoms with E-state index in [1.807, 2.05) is 19.9 Å². The van der Waals surface area contributed by atoms with Crippen molar-refractivity contribution in [3.8, 4) is 0 Å². The molecule has 2 nitrogen and oxygen atoms in total. The normalized spacial score (nSPS) is 8.33. The molecule has 0 saturated heterocycles. The fraction of sp³-hybridized carbons (Fsp3) is 0.333. The Kier molecular flexibility index (Phi) is 5.30. The van der Waals surface area contributed by atoms with Crippen LogP contribution in [0.3, 0.4) is 0 Å². The van der Waals surface area contributed by atoms with Gasteiger partial charge in [-0.25, -0.2) is 0 Å². The molecule has 0 aromatic heterocycles. The molecule has 0 aliphatic carbocycles. The zero-order chi connectivity index (χ0) is 9.56. The number of para-hydroxylation sites is 1. The number of anilines is 2. The van der Waals surface area contributed by atoms with Crippen LogP contribution in [0, 0.1) is 0 Å². The SMILES string of the molecule is CC.CNc1c(N)cccc1Cl. The number of nitrogens with two attached hydrogens (primary N) is 1. The van der Waals surface area contributed by atoms with Crippen LogP contribution >= 0.6 is 11.6 Å². The van der Waals surface area contributed by atoms with Gasteiger partial charge in [0.25, 0.3) is 0 Å². The van der Waals surface area contributed by atoms with Gasteiger partial charge < -0.3 is 11.1 Å². The van der Waals surface area contributed by atoms with Crippen molar-refractivity contribution in [1.29, 1.82) is 0 Å². The van der Waals surface area contributed by atoms with Gasteiger partial charge in [0, 0.05) is 7.05 Å². The van der Waals surface area contributed by atoms with E-state index in [2.05, 4.69) is 5.32 Å². The smallest absolute Gasteiger partial charge is 0.0760 e. The van der Waals surface area contributed by atoms with Gasteiger partial charge in [0.15, 0.2) is 0 Å². The first-order valence-corrected chi connectivity index (χ1v) is 4.35. The molecule has 0 fully saturated rings. The first-order chi connectivity index (χ1) is 5.75. The van der Waals surface area contributed by atoms with Crippen molar-refractivity contribution in [2.24, 2.45) is 0 Å². The molecule has 0 atom stereocenters. The number of benzene rings is 1. The average molecular weight is 187 g/mol. The van der Waals surface area contributed by atoms with Gasteiger partial charge in [-0.3, -0.25) is 0 Å². The highest BCUT2D eigenvalue weighted by molar-refractivity contribution is 6.33. The Morgan fingerprint density at radius 3 is 2.25 bits per heavy atom. The summed E-state index contributed by atoms with van der Waals surface area (Å²) < 4.78 is 0. The van der Waals surface area contributed by atoms with E-state index in [0.717, 1.165) is 5.69 Å². The average Bonchev–Trinajstić information content (AvgIpc) is 2.08. The van der Waals surface area contributed by atoms with Crippen molar-refractivity contribution < 1.29 is 0 Å². The summed E-state index contributed by atoms with van der Waals surface area (Å²) in [4.78, 5) is 0. The van der Waals surface area contributed by atoms with Crippen molar-refractivity contribution in [3.63, 3.8) is 0 Å². The Morgan fingerprint density at radius 2 is 1.92 bits per heavy atom. The minimum Gasteiger partial charge on any atom is -0.397 e. The van der Waals surface area contributed by atoms with Crippen LogP contribution in [0.15, 0.2) is 18.2 Å². The molecule has 0 bridgehead atoms. The third-order valence-electron chi connectivity index (χ3n) is 1.30. The molecule has 1 aromatic carbocycles. The quantitative estimate of drug-likeness (QED) is 0.662. The molecule has 12 heavy (non-hydrogen) atoms. The van der Waals surface area contributed by atoms with E-state index >= 15 is 0 Å². The molecule has 1 rings (SSSR count). The maximum absolute atomic E-state index is 5.79. The van der Waals surface area contributed by atoms with E-state index in [0.29, 0.717) is 10.7 Å². The van der Waals surface area contributed by atoms with Crippen LogP contribution in [0.25, 0.3) is 0 Å². The lowest BCUT2D eigenvalue weighted by Crippen LogP contribution is -1.95. The summed E-state index contributed by atoms with van der Waals surface area (Å²) in [5.74, 6) is 0. The highest BCUT2D eigenvalue weighted by atomic mass is 35.5. The standard InChI is InChI=1S/C7H9ClN2.C2H6/c1-10-7-5(8)3-2-4-6(7)9;1-2/h2-4,10H,9H2,1H3;1-2H3. The molecular weight excluding hydrogens is 172 g/mol. The van der Waals surface area contributed by atoms with Crippen LogP contribution in [0.4, 0.5) is 11.4 Å². The molecule has 0 aliphatic heterocycles. The summed E-state index contributed by atoms with van der Waals surface area (Å²) in [7, 11) is 1.79. The molecule has 0 unspecified atom stereocenters. The maximum atomic E-state index is 5.79. The lowest BCUT2D eigenvalue weighted by atomic mass is 10.3. The molecule has 0 spiro atoms. The molecule has 68 valence electrons. The lowest BCUT2D eigenvalue weighted by molar-refractivity contribution is 1.50. The van der Waals surface area contributed by atoms with Gasteiger partial charge in [-0.1, -0.05) is 31.5 Å². The van der Waals surface area contributed by atoms with Gasteiger partial charge >= 0.3 is 0 Å². The fourth-order valence-electron chi connectivity index (χ4n) is 0.805. The monoisotopic (exact) mass is 186 g/mol. The Labute approximate surface area is 78.7 Å². The largest absolute Gasteiger partial charge is 0.397 e. The second-order valence-electron chi connectivity index (χ2n) is 1.95. The van der Waals surface area contributed by atoms with Crippen molar-refractivity contribution in [2.45, 2.75) is 13.8 Å². The van der Waals surface area contributed by atoms with Gasteiger partial charge in [-0.15, -0.1) is 0 Å². The van der Waals surface area contributed by atoms with Gasteiger partial charge in [0.2, 0.25) is 0 Å². The lowest BCUT2D eigenvalue weighted by Gasteiger charge is -2.05. The van der Waals surface area contributed by atoms with Gasteiger partial charge in [0.1, 0.15) is 0 Å². The van der Waals surface area contributed by atoms with E-state index in [4.69, 9.17) is 17.3 Å². The third kappa shape index (κ3) is 2.62. The second kappa shape index (κ2) is 5.72. The van der Waals surface area contributed by atoms with Gasteiger partial charge in [-0.2, -0.15) is 0 Å². The minimum atomic E-state index is 0.655. The number of hydrogen-bond acceptors (Lipinski definition) is 2. The molecule has 0 aliphatic rings. The topological polar surface area (TPSA) is 38.0 Å². The number of nitrogens with one attached hydrogen (secondary N) is 1. The highest BCUT2D eigenvalue weighted by Crippen LogP contribution is 2.26. The van der Waals surface area contributed by atoms with Gasteiger partial charge in [0.05, 0.1) is 16.4 Å². The summed E-state index contributed by atoms with van der Waals surface area (Å²) in [6.07, 6.45) is 0. The number of nitrogen functional groups attached to an aromatic ring is 1. The molecule has 0 heterocycles. The Bertz CT molecular complexity index is 216. The van der Waals surface area contributed by atoms with Crippen LogP contribution in [0.2, 0.25) is 5.02 Å². The van der Waals surface area contributed by atoms with Crippen molar-refractivity contribution in [1.82, 2.24) is 0 Å². The maximum Gasteiger partial charge on any atom is 0.0760 e. The van der Waals surface area contributed by atoms with Crippen LogP contribution < -0.4 is 11.1 Å². The Hall–Kier alpha value is -0.890. The van der Waals surface area contributed by atoms with Crippen LogP contribution in [0.5, 0.6) is 0 Å². The predicted octanol–water partition coefficient (Wildman–Crippen LogP) is 2.99. The molecule has 3 heteroatoms. The van der Waals surface area contributed by atoms with E-state index in [1.165, 1.54) is 0 Å². The molecular formula is C9H15ClN2. The molecule has 0 radical (unpaired) electrons. The van der Waals surface area contributed by atoms with E-state index in [1.54, 1.807) is 19.2 Å². The van der Waals surface area contributed by atoms with E-state index < -0.39 is 0 Å². The molecule has 0 amide bonds. The van der Waals surface area contributed by atoms with Crippen LogP contribution in [-0.4, -0.2) is 7.05 Å². The van der Waals surface area contributed by atoms with Crippen molar-refractivity contribution >= 4 is 23.0 Å². The van der Waals surface area contributed by atoms with E-state index in [9.17, 15) is 0 Å². The minimum absolute atomic E-state index is 0.655. The summed E-state index contributed by atoms with van der Waals surface area (Å²) in [6, 6.07) is 5.42. The Balaban J connectivity index is 0.000000561. The van der Waals surface area contributed by atoms with Crippen LogP contribution in [-0.2, 0) is 0 Å². The number of rotatable bonds is 1. The number of halogens is 1. The van der Waals surface area contributed by atoms with E-state index in [-0.39, 0.29) is 0 Å². The summed E-state index contributed by atoms with van der Waals surface area (Å²) in [5.41, 5.74) is 7.06. The highest BCUT2D eigenvalue weighted by Gasteiger charge is 1.99. The van der Waals surface area contributed by atoms with Crippen molar-refractivity contribution in [2.75, 3.05) is 18.1 Å². The van der Waals surface area contributed by atoms with Crippen LogP contribution in [0.1, 0.15) is 13.8 Å². The zero-order valence-corrected chi connectivity index (χ0v) is 8.44. The fourth-order valence-corrected chi connectivity index (χ4v) is 1.08. The third-order valence-corrected chi connectivity index (χ3v) is 1.61. The summed E-state index contributed by atoms with van der Waals surface area (Å²) >= 11 is 5.79. The second-order valence-corrected chi connectivity index (χ2v) is 2.36. The van der Waals surface area contributed by atoms with Crippen molar-refractivity contribution in [3.05, 3.63) is 23.2 Å². The zero-order valence-electron chi connectivity index (χ0n) is 7.69. The van der Waals surface area contributed by atoms with Gasteiger partial charge in [-0.05, 0) is 12.1 Å². The molecule has 3 N–H and O–H groups in total. The summed E-state index contributed by atoms with van der Waals surface area (Å²) in [6.45, 7) is 4.00. The first-order valence-electron chi connectivity index (χ1n) is 3.97.